The summed E-state index contributed by atoms with van der Waals surface area (Å²) in [6.45, 7) is 0.958. The van der Waals surface area contributed by atoms with E-state index in [4.69, 9.17) is 10.7 Å². The van der Waals surface area contributed by atoms with Crippen LogP contribution >= 0.6 is 11.8 Å². The summed E-state index contributed by atoms with van der Waals surface area (Å²) in [4.78, 5) is 4.75. The van der Waals surface area contributed by atoms with Gasteiger partial charge in [0.1, 0.15) is 5.82 Å². The van der Waals surface area contributed by atoms with E-state index in [0.717, 1.165) is 19.4 Å². The van der Waals surface area contributed by atoms with Crippen LogP contribution in [0.25, 0.3) is 0 Å². The van der Waals surface area contributed by atoms with Crippen LogP contribution < -0.4 is 5.73 Å². The van der Waals surface area contributed by atoms with E-state index in [1.165, 1.54) is 30.1 Å². The van der Waals surface area contributed by atoms with Crippen molar-refractivity contribution >= 4 is 11.8 Å². The summed E-state index contributed by atoms with van der Waals surface area (Å²) in [5.41, 5.74) is 7.25. The molecule has 3 nitrogen and oxygen atoms in total. The summed E-state index contributed by atoms with van der Waals surface area (Å²) in [6.07, 6.45) is 7.02. The fourth-order valence-electron chi connectivity index (χ4n) is 2.46. The molecule has 1 saturated heterocycles. The van der Waals surface area contributed by atoms with Crippen molar-refractivity contribution in [1.29, 1.82) is 0 Å². The van der Waals surface area contributed by atoms with Crippen LogP contribution in [-0.2, 0) is 13.0 Å². The molecule has 0 aliphatic carbocycles. The molecule has 0 spiro atoms. The number of aromatic nitrogens is 2. The third-order valence-corrected chi connectivity index (χ3v) is 4.71. The Morgan fingerprint density at radius 3 is 3.20 bits per heavy atom. The summed E-state index contributed by atoms with van der Waals surface area (Å²) in [6, 6.07) is 0.329. The minimum absolute atomic E-state index is 0.329. The van der Waals surface area contributed by atoms with E-state index in [9.17, 15) is 0 Å². The molecule has 2 N–H and O–H groups in total. The molecule has 3 rings (SSSR count). The third-order valence-electron chi connectivity index (χ3n) is 3.31. The Bertz CT molecular complexity index is 355. The van der Waals surface area contributed by atoms with Gasteiger partial charge >= 0.3 is 0 Å². The average molecular weight is 223 g/mol. The van der Waals surface area contributed by atoms with Crippen molar-refractivity contribution in [2.24, 2.45) is 5.73 Å². The maximum atomic E-state index is 5.96. The third kappa shape index (κ3) is 1.81. The van der Waals surface area contributed by atoms with Crippen LogP contribution in [0.5, 0.6) is 0 Å². The standard InChI is InChI=1S/C11H17N3S/c12-8-3-4-11-13-9(7-14(11)6-8)10-2-1-5-15-10/h7-8,10H,1-6,12H2. The maximum absolute atomic E-state index is 5.96. The normalized spacial score (nSPS) is 30.5. The highest BCUT2D eigenvalue weighted by atomic mass is 32.2. The Morgan fingerprint density at radius 2 is 2.40 bits per heavy atom. The first-order valence-corrected chi connectivity index (χ1v) is 6.81. The lowest BCUT2D eigenvalue weighted by Gasteiger charge is -2.19. The SMILES string of the molecule is NC1CCc2nc(C3CCCS3)cn2C1. The molecule has 2 aliphatic heterocycles. The van der Waals surface area contributed by atoms with E-state index in [1.807, 2.05) is 0 Å². The number of nitrogens with two attached hydrogens (primary N) is 1. The van der Waals surface area contributed by atoms with Gasteiger partial charge in [0.2, 0.25) is 0 Å². The number of thioether (sulfide) groups is 1. The zero-order valence-corrected chi connectivity index (χ0v) is 9.67. The Balaban J connectivity index is 1.85. The molecule has 0 saturated carbocycles. The van der Waals surface area contributed by atoms with Crippen molar-refractivity contribution < 1.29 is 0 Å². The van der Waals surface area contributed by atoms with Crippen molar-refractivity contribution in [2.45, 2.75) is 43.5 Å². The Hall–Kier alpha value is -0.480. The smallest absolute Gasteiger partial charge is 0.109 e. The summed E-state index contributed by atoms with van der Waals surface area (Å²) in [5.74, 6) is 2.55. The number of aryl methyl sites for hydroxylation is 1. The number of nitrogens with zero attached hydrogens (tertiary/aromatic N) is 2. The van der Waals surface area contributed by atoms with Gasteiger partial charge < -0.3 is 10.3 Å². The molecule has 1 aromatic rings. The molecule has 82 valence electrons. The monoisotopic (exact) mass is 223 g/mol. The second kappa shape index (κ2) is 3.83. The summed E-state index contributed by atoms with van der Waals surface area (Å²) >= 11 is 2.05. The van der Waals surface area contributed by atoms with Crippen LogP contribution in [-0.4, -0.2) is 21.3 Å². The first-order valence-electron chi connectivity index (χ1n) is 5.76. The first-order chi connectivity index (χ1) is 7.33. The van der Waals surface area contributed by atoms with Crippen molar-refractivity contribution in [3.8, 4) is 0 Å². The molecule has 0 bridgehead atoms. The van der Waals surface area contributed by atoms with Gasteiger partial charge in [-0.1, -0.05) is 0 Å². The van der Waals surface area contributed by atoms with Crippen LogP contribution in [0.2, 0.25) is 0 Å². The summed E-state index contributed by atoms with van der Waals surface area (Å²) < 4.78 is 2.27. The lowest BCUT2D eigenvalue weighted by molar-refractivity contribution is 0.453. The highest BCUT2D eigenvalue weighted by molar-refractivity contribution is 7.99. The molecule has 0 aromatic carbocycles. The van der Waals surface area contributed by atoms with Gasteiger partial charge in [-0.2, -0.15) is 11.8 Å². The molecule has 4 heteroatoms. The predicted molar refractivity (Wildman–Crippen MR) is 63.0 cm³/mol. The van der Waals surface area contributed by atoms with Crippen molar-refractivity contribution in [1.82, 2.24) is 9.55 Å². The van der Waals surface area contributed by atoms with Crippen molar-refractivity contribution in [3.63, 3.8) is 0 Å². The predicted octanol–water partition coefficient (Wildman–Crippen LogP) is 1.72. The second-order valence-electron chi connectivity index (χ2n) is 4.53. The number of rotatable bonds is 1. The molecule has 15 heavy (non-hydrogen) atoms. The zero-order chi connectivity index (χ0) is 10.3. The Morgan fingerprint density at radius 1 is 1.47 bits per heavy atom. The molecule has 1 aromatic heterocycles. The highest BCUT2D eigenvalue weighted by Gasteiger charge is 2.24. The van der Waals surface area contributed by atoms with Crippen LogP contribution in [0.1, 0.15) is 36.0 Å². The maximum Gasteiger partial charge on any atom is 0.109 e. The molecular formula is C11H17N3S. The lowest BCUT2D eigenvalue weighted by Crippen LogP contribution is -2.31. The van der Waals surface area contributed by atoms with Crippen molar-refractivity contribution in [2.75, 3.05) is 5.75 Å². The van der Waals surface area contributed by atoms with Gasteiger partial charge in [-0.05, 0) is 25.0 Å². The number of imidazole rings is 1. The van der Waals surface area contributed by atoms with Crippen LogP contribution in [0.3, 0.4) is 0 Å². The fraction of sp³-hybridized carbons (Fsp3) is 0.727. The van der Waals surface area contributed by atoms with Gasteiger partial charge in [-0.15, -0.1) is 0 Å². The van der Waals surface area contributed by atoms with E-state index >= 15 is 0 Å². The Kier molecular flexibility index (Phi) is 2.48. The van der Waals surface area contributed by atoms with E-state index < -0.39 is 0 Å². The lowest BCUT2D eigenvalue weighted by atomic mass is 10.1. The quantitative estimate of drug-likeness (QED) is 0.788. The van der Waals surface area contributed by atoms with Gasteiger partial charge in [0.25, 0.3) is 0 Å². The molecule has 3 heterocycles. The molecule has 2 aliphatic rings. The van der Waals surface area contributed by atoms with Gasteiger partial charge in [0.05, 0.1) is 5.69 Å². The summed E-state index contributed by atoms with van der Waals surface area (Å²) in [7, 11) is 0. The topological polar surface area (TPSA) is 43.8 Å². The van der Waals surface area contributed by atoms with Crippen LogP contribution in [0.15, 0.2) is 6.20 Å². The Labute approximate surface area is 94.4 Å². The van der Waals surface area contributed by atoms with Gasteiger partial charge in [0.15, 0.2) is 0 Å². The first kappa shape index (κ1) is 9.73. The van der Waals surface area contributed by atoms with Gasteiger partial charge in [-0.3, -0.25) is 0 Å². The molecule has 0 radical (unpaired) electrons. The van der Waals surface area contributed by atoms with E-state index in [-0.39, 0.29) is 0 Å². The average Bonchev–Trinajstić information content (AvgIpc) is 2.84. The van der Waals surface area contributed by atoms with E-state index in [1.54, 1.807) is 0 Å². The molecule has 1 fully saturated rings. The van der Waals surface area contributed by atoms with Gasteiger partial charge in [-0.25, -0.2) is 4.98 Å². The zero-order valence-electron chi connectivity index (χ0n) is 8.85. The minimum Gasteiger partial charge on any atom is -0.333 e. The minimum atomic E-state index is 0.329. The number of fused-ring (bicyclic) bond motifs is 1. The van der Waals surface area contributed by atoms with E-state index in [2.05, 4.69) is 22.5 Å². The number of hydrogen-bond donors (Lipinski definition) is 1. The van der Waals surface area contributed by atoms with Crippen molar-refractivity contribution in [3.05, 3.63) is 17.7 Å². The van der Waals surface area contributed by atoms with Gasteiger partial charge in [0, 0.05) is 30.5 Å². The number of hydrogen-bond acceptors (Lipinski definition) is 3. The second-order valence-corrected chi connectivity index (χ2v) is 5.85. The summed E-state index contributed by atoms with van der Waals surface area (Å²) in [5, 5.41) is 0.652. The molecule has 2 unspecified atom stereocenters. The largest absolute Gasteiger partial charge is 0.333 e. The fourth-order valence-corrected chi connectivity index (χ4v) is 3.69. The highest BCUT2D eigenvalue weighted by Crippen LogP contribution is 2.39. The molecular weight excluding hydrogens is 206 g/mol. The molecule has 2 atom stereocenters. The van der Waals surface area contributed by atoms with E-state index in [0.29, 0.717) is 11.3 Å². The molecule has 0 amide bonds. The van der Waals surface area contributed by atoms with Crippen LogP contribution in [0, 0.1) is 0 Å². The van der Waals surface area contributed by atoms with Crippen LogP contribution in [0.4, 0.5) is 0 Å².